The standard InChI is InChI=1S/C18H27N3O/c1-13(2)21-11-15(12-22)8-17-9-16(6-7-18(17)21)14(3)10-20(5)19-4/h6-7,9-10,13,15,22H,4,8,11-12H2,1-3,5H3/b14-10+/t15-/m0/s1. The SMILES string of the molecule is C=NN(C)/C=C(\C)c1ccc2c(c1)C[C@H](CO)CN2C(C)C. The van der Waals surface area contributed by atoms with Gasteiger partial charge in [0.2, 0.25) is 0 Å². The van der Waals surface area contributed by atoms with E-state index in [2.05, 4.69) is 55.7 Å². The van der Waals surface area contributed by atoms with Crippen LogP contribution in [0.1, 0.15) is 31.9 Å². The minimum atomic E-state index is 0.241. The fraction of sp³-hybridized carbons (Fsp3) is 0.500. The van der Waals surface area contributed by atoms with Crippen molar-refractivity contribution in [2.45, 2.75) is 33.2 Å². The molecule has 1 aromatic rings. The molecule has 4 heteroatoms. The molecule has 0 aromatic heterocycles. The van der Waals surface area contributed by atoms with Crippen LogP contribution in [0.5, 0.6) is 0 Å². The maximum atomic E-state index is 9.58. The molecule has 1 aliphatic heterocycles. The number of benzene rings is 1. The Kier molecular flexibility index (Phi) is 5.24. The third-order valence-electron chi connectivity index (χ3n) is 4.29. The predicted molar refractivity (Wildman–Crippen MR) is 94.2 cm³/mol. The summed E-state index contributed by atoms with van der Waals surface area (Å²) in [5.74, 6) is 0.312. The van der Waals surface area contributed by atoms with Gasteiger partial charge in [-0.1, -0.05) is 6.07 Å². The number of aliphatic hydroxyl groups is 1. The van der Waals surface area contributed by atoms with Crippen LogP contribution in [0.2, 0.25) is 0 Å². The van der Waals surface area contributed by atoms with Crippen molar-refractivity contribution >= 4 is 18.0 Å². The van der Waals surface area contributed by atoms with Gasteiger partial charge in [-0.15, -0.1) is 0 Å². The number of nitrogens with zero attached hydrogens (tertiary/aromatic N) is 3. The van der Waals surface area contributed by atoms with Gasteiger partial charge in [0, 0.05) is 50.8 Å². The molecule has 0 spiro atoms. The second-order valence-electron chi connectivity index (χ2n) is 6.37. The first-order valence-corrected chi connectivity index (χ1v) is 7.85. The fourth-order valence-corrected chi connectivity index (χ4v) is 3.03. The summed E-state index contributed by atoms with van der Waals surface area (Å²) >= 11 is 0. The van der Waals surface area contributed by atoms with Crippen molar-refractivity contribution in [1.29, 1.82) is 0 Å². The number of hydrogen-bond acceptors (Lipinski definition) is 4. The van der Waals surface area contributed by atoms with Crippen LogP contribution in [-0.2, 0) is 6.42 Å². The first-order valence-electron chi connectivity index (χ1n) is 7.85. The predicted octanol–water partition coefficient (Wildman–Crippen LogP) is 2.97. The highest BCUT2D eigenvalue weighted by Crippen LogP contribution is 2.33. The van der Waals surface area contributed by atoms with Crippen molar-refractivity contribution in [3.63, 3.8) is 0 Å². The van der Waals surface area contributed by atoms with Crippen LogP contribution in [0.15, 0.2) is 29.5 Å². The third-order valence-corrected chi connectivity index (χ3v) is 4.29. The van der Waals surface area contributed by atoms with E-state index in [4.69, 9.17) is 0 Å². The largest absolute Gasteiger partial charge is 0.396 e. The molecule has 1 aromatic carbocycles. The number of hydrogen-bond donors (Lipinski definition) is 1. The Morgan fingerprint density at radius 2 is 2.27 bits per heavy atom. The van der Waals surface area contributed by atoms with Gasteiger partial charge < -0.3 is 10.0 Å². The van der Waals surface area contributed by atoms with Gasteiger partial charge in [0.25, 0.3) is 0 Å². The smallest absolute Gasteiger partial charge is 0.0479 e. The summed E-state index contributed by atoms with van der Waals surface area (Å²) in [4.78, 5) is 2.39. The van der Waals surface area contributed by atoms with Crippen molar-refractivity contribution in [3.05, 3.63) is 35.5 Å². The average molecular weight is 301 g/mol. The Labute approximate surface area is 133 Å². The van der Waals surface area contributed by atoms with Gasteiger partial charge in [-0.25, -0.2) is 0 Å². The number of rotatable bonds is 5. The van der Waals surface area contributed by atoms with Crippen LogP contribution >= 0.6 is 0 Å². The highest BCUT2D eigenvalue weighted by molar-refractivity contribution is 5.69. The van der Waals surface area contributed by atoms with Gasteiger partial charge in [0.05, 0.1) is 0 Å². The molecule has 1 N–H and O–H groups in total. The summed E-state index contributed by atoms with van der Waals surface area (Å²) in [7, 11) is 1.87. The van der Waals surface area contributed by atoms with Crippen molar-refractivity contribution in [2.75, 3.05) is 25.1 Å². The van der Waals surface area contributed by atoms with Crippen LogP contribution in [0.25, 0.3) is 5.57 Å². The second-order valence-corrected chi connectivity index (χ2v) is 6.37. The van der Waals surface area contributed by atoms with Crippen LogP contribution in [-0.4, -0.2) is 43.1 Å². The van der Waals surface area contributed by atoms with E-state index in [9.17, 15) is 5.11 Å². The molecule has 2 rings (SSSR count). The topological polar surface area (TPSA) is 39.1 Å². The van der Waals surface area contributed by atoms with Crippen molar-refractivity contribution < 1.29 is 5.11 Å². The van der Waals surface area contributed by atoms with Crippen LogP contribution in [0.3, 0.4) is 0 Å². The molecule has 120 valence electrons. The van der Waals surface area contributed by atoms with Gasteiger partial charge >= 0.3 is 0 Å². The van der Waals surface area contributed by atoms with E-state index in [0.29, 0.717) is 12.0 Å². The summed E-state index contributed by atoms with van der Waals surface area (Å²) in [5.41, 5.74) is 4.96. The van der Waals surface area contributed by atoms with Gasteiger partial charge in [-0.3, -0.25) is 5.01 Å². The van der Waals surface area contributed by atoms with Crippen molar-refractivity contribution in [2.24, 2.45) is 11.0 Å². The molecular formula is C18H27N3O. The minimum absolute atomic E-state index is 0.241. The lowest BCUT2D eigenvalue weighted by atomic mass is 9.90. The van der Waals surface area contributed by atoms with E-state index >= 15 is 0 Å². The lowest BCUT2D eigenvalue weighted by molar-refractivity contribution is 0.222. The first-order chi connectivity index (χ1) is 10.5. The molecule has 1 heterocycles. The van der Waals surface area contributed by atoms with Gasteiger partial charge in [0.1, 0.15) is 0 Å². The maximum absolute atomic E-state index is 9.58. The number of fused-ring (bicyclic) bond motifs is 1. The third kappa shape index (κ3) is 3.50. The lowest BCUT2D eigenvalue weighted by Crippen LogP contribution is -2.41. The Balaban J connectivity index is 2.37. The summed E-state index contributed by atoms with van der Waals surface area (Å²) in [6.45, 7) is 11.2. The monoisotopic (exact) mass is 301 g/mol. The summed E-state index contributed by atoms with van der Waals surface area (Å²) in [5, 5.41) is 15.2. The van der Waals surface area contributed by atoms with E-state index < -0.39 is 0 Å². The first kappa shape index (κ1) is 16.6. The number of allylic oxidation sites excluding steroid dienone is 1. The van der Waals surface area contributed by atoms with Crippen LogP contribution in [0.4, 0.5) is 5.69 Å². The minimum Gasteiger partial charge on any atom is -0.396 e. The fourth-order valence-electron chi connectivity index (χ4n) is 3.03. The molecular weight excluding hydrogens is 274 g/mol. The zero-order chi connectivity index (χ0) is 16.3. The Morgan fingerprint density at radius 1 is 1.55 bits per heavy atom. The molecule has 0 fully saturated rings. The Morgan fingerprint density at radius 3 is 2.86 bits per heavy atom. The molecule has 22 heavy (non-hydrogen) atoms. The molecule has 0 amide bonds. The van der Waals surface area contributed by atoms with E-state index in [1.165, 1.54) is 16.8 Å². The quantitative estimate of drug-likeness (QED) is 0.671. The zero-order valence-corrected chi connectivity index (χ0v) is 14.1. The maximum Gasteiger partial charge on any atom is 0.0479 e. The van der Waals surface area contributed by atoms with Gasteiger partial charge in [0.15, 0.2) is 0 Å². The Hall–Kier alpha value is -1.81. The van der Waals surface area contributed by atoms with Crippen molar-refractivity contribution in [3.8, 4) is 0 Å². The normalized spacial score (nSPS) is 18.4. The lowest BCUT2D eigenvalue weighted by Gasteiger charge is -2.38. The summed E-state index contributed by atoms with van der Waals surface area (Å²) in [6.07, 6.45) is 2.91. The summed E-state index contributed by atoms with van der Waals surface area (Å²) < 4.78 is 0. The highest BCUT2D eigenvalue weighted by Gasteiger charge is 2.25. The molecule has 0 saturated carbocycles. The highest BCUT2D eigenvalue weighted by atomic mass is 16.3. The number of aliphatic hydroxyl groups excluding tert-OH is 1. The summed E-state index contributed by atoms with van der Waals surface area (Å²) in [6, 6.07) is 7.05. The average Bonchev–Trinajstić information content (AvgIpc) is 2.52. The molecule has 0 aliphatic carbocycles. The van der Waals surface area contributed by atoms with E-state index in [0.717, 1.165) is 18.5 Å². The molecule has 0 unspecified atom stereocenters. The van der Waals surface area contributed by atoms with Crippen LogP contribution < -0.4 is 4.90 Å². The number of hydrazone groups is 1. The molecule has 0 bridgehead atoms. The van der Waals surface area contributed by atoms with Gasteiger partial charge in [-0.05, 0) is 56.0 Å². The molecule has 0 saturated heterocycles. The number of anilines is 1. The molecule has 0 radical (unpaired) electrons. The van der Waals surface area contributed by atoms with Gasteiger partial charge in [-0.2, -0.15) is 5.10 Å². The van der Waals surface area contributed by atoms with Crippen molar-refractivity contribution in [1.82, 2.24) is 5.01 Å². The van der Waals surface area contributed by atoms with E-state index in [1.807, 2.05) is 13.2 Å². The molecule has 1 aliphatic rings. The molecule has 4 nitrogen and oxygen atoms in total. The molecule has 1 atom stereocenters. The zero-order valence-electron chi connectivity index (χ0n) is 14.1. The second kappa shape index (κ2) is 6.97. The van der Waals surface area contributed by atoms with E-state index in [-0.39, 0.29) is 6.61 Å². The Bertz CT molecular complexity index is 565. The van der Waals surface area contributed by atoms with Crippen LogP contribution in [0, 0.1) is 5.92 Å². The van der Waals surface area contributed by atoms with E-state index in [1.54, 1.807) is 5.01 Å².